The fraction of sp³-hybridized carbons (Fsp3) is 0.375. The third-order valence-electron chi connectivity index (χ3n) is 5.74. The summed E-state index contributed by atoms with van der Waals surface area (Å²) in [5.41, 5.74) is 2.64. The number of halogens is 1. The highest BCUT2D eigenvalue weighted by Crippen LogP contribution is 2.28. The summed E-state index contributed by atoms with van der Waals surface area (Å²) in [5, 5.41) is 7.40. The maximum absolute atomic E-state index is 12.3. The number of amides is 1. The smallest absolute Gasteiger partial charge is 0.227 e. The molecular formula is C24H27ClN4O3. The van der Waals surface area contributed by atoms with E-state index in [0.29, 0.717) is 34.6 Å². The van der Waals surface area contributed by atoms with E-state index in [0.717, 1.165) is 24.6 Å². The number of nitrogens with zero attached hydrogens (tertiary/aromatic N) is 3. The lowest BCUT2D eigenvalue weighted by Gasteiger charge is -2.32. The summed E-state index contributed by atoms with van der Waals surface area (Å²) in [6.07, 6.45) is 3.00. The second-order valence-electron chi connectivity index (χ2n) is 8.12. The summed E-state index contributed by atoms with van der Waals surface area (Å²) >= 11 is 6.01. The predicted molar refractivity (Wildman–Crippen MR) is 125 cm³/mol. The summed E-state index contributed by atoms with van der Waals surface area (Å²) in [6.45, 7) is 4.50. The Labute approximate surface area is 192 Å². The number of aromatic nitrogens is 2. The molecule has 1 N–H and O–H groups in total. The number of methoxy groups -OCH3 is 1. The van der Waals surface area contributed by atoms with Crippen molar-refractivity contribution in [1.29, 1.82) is 0 Å². The molecule has 8 heteroatoms. The van der Waals surface area contributed by atoms with Crippen molar-refractivity contribution in [3.63, 3.8) is 0 Å². The second-order valence-corrected chi connectivity index (χ2v) is 8.56. The summed E-state index contributed by atoms with van der Waals surface area (Å²) in [7, 11) is 1.54. The van der Waals surface area contributed by atoms with Gasteiger partial charge in [0, 0.05) is 42.2 Å². The Balaban J connectivity index is 1.33. The molecule has 1 aliphatic heterocycles. The van der Waals surface area contributed by atoms with Crippen molar-refractivity contribution in [2.24, 2.45) is 5.92 Å². The molecule has 2 heterocycles. The molecule has 1 aromatic heterocycles. The molecule has 0 saturated carbocycles. The van der Waals surface area contributed by atoms with Crippen molar-refractivity contribution < 1.29 is 14.1 Å². The molecule has 168 valence electrons. The largest absolute Gasteiger partial charge is 0.495 e. The minimum Gasteiger partial charge on any atom is -0.495 e. The average molecular weight is 455 g/mol. The van der Waals surface area contributed by atoms with Gasteiger partial charge in [-0.25, -0.2) is 0 Å². The molecule has 1 amide bonds. The van der Waals surface area contributed by atoms with Crippen LogP contribution in [-0.4, -0.2) is 36.2 Å². The van der Waals surface area contributed by atoms with Gasteiger partial charge in [0.2, 0.25) is 17.6 Å². The van der Waals surface area contributed by atoms with Crippen LogP contribution in [-0.2, 0) is 11.2 Å². The van der Waals surface area contributed by atoms with Gasteiger partial charge >= 0.3 is 0 Å². The van der Waals surface area contributed by atoms with Crippen LogP contribution in [0.2, 0.25) is 5.02 Å². The Hall–Kier alpha value is -3.06. The Morgan fingerprint density at radius 2 is 1.97 bits per heavy atom. The molecular weight excluding hydrogens is 428 g/mol. The van der Waals surface area contributed by atoms with Crippen molar-refractivity contribution in [3.05, 3.63) is 53.4 Å². The summed E-state index contributed by atoms with van der Waals surface area (Å²) < 4.78 is 10.6. The van der Waals surface area contributed by atoms with Gasteiger partial charge in [-0.3, -0.25) is 4.79 Å². The van der Waals surface area contributed by atoms with E-state index in [1.807, 2.05) is 12.1 Å². The predicted octanol–water partition coefficient (Wildman–Crippen LogP) is 5.21. The van der Waals surface area contributed by atoms with E-state index in [9.17, 15) is 4.79 Å². The number of carbonyl (C=O) groups is 1. The first-order chi connectivity index (χ1) is 15.5. The Morgan fingerprint density at radius 3 is 2.69 bits per heavy atom. The van der Waals surface area contributed by atoms with Gasteiger partial charge in [0.15, 0.2) is 0 Å². The van der Waals surface area contributed by atoms with Crippen molar-refractivity contribution in [2.75, 3.05) is 30.4 Å². The molecule has 7 nitrogen and oxygen atoms in total. The fourth-order valence-electron chi connectivity index (χ4n) is 3.77. The van der Waals surface area contributed by atoms with Crippen LogP contribution in [0.3, 0.4) is 0 Å². The van der Waals surface area contributed by atoms with Crippen LogP contribution in [0.25, 0.3) is 11.4 Å². The first-order valence-corrected chi connectivity index (χ1v) is 11.2. The minimum atomic E-state index is -0.189. The third kappa shape index (κ3) is 5.40. The first kappa shape index (κ1) is 22.1. The fourth-order valence-corrected chi connectivity index (χ4v) is 3.94. The number of anilines is 2. The van der Waals surface area contributed by atoms with Crippen LogP contribution in [0, 0.1) is 5.92 Å². The maximum atomic E-state index is 12.3. The summed E-state index contributed by atoms with van der Waals surface area (Å²) in [5.74, 6) is 2.10. The Bertz CT molecular complexity index is 1060. The van der Waals surface area contributed by atoms with Gasteiger partial charge < -0.3 is 19.5 Å². The molecule has 1 fully saturated rings. The number of aryl methyl sites for hydroxylation is 1. The highest BCUT2D eigenvalue weighted by atomic mass is 35.5. The average Bonchev–Trinajstić information content (AvgIpc) is 3.28. The molecule has 0 aliphatic carbocycles. The van der Waals surface area contributed by atoms with Gasteiger partial charge in [-0.05, 0) is 61.2 Å². The van der Waals surface area contributed by atoms with Gasteiger partial charge in [0.05, 0.1) is 12.8 Å². The number of nitrogens with one attached hydrogen (secondary N) is 1. The number of ether oxygens (including phenoxy) is 1. The normalized spacial score (nSPS) is 14.4. The van der Waals surface area contributed by atoms with Crippen LogP contribution in [0.5, 0.6) is 5.75 Å². The number of rotatable bonds is 7. The van der Waals surface area contributed by atoms with Gasteiger partial charge in [0.25, 0.3) is 0 Å². The molecule has 2 aromatic carbocycles. The topological polar surface area (TPSA) is 80.5 Å². The number of piperidine rings is 1. The molecule has 1 saturated heterocycles. The first-order valence-electron chi connectivity index (χ1n) is 10.8. The SMILES string of the molecule is COc1ccc(Cl)cc1NC(=O)CCc1nc(-c2ccc(N3CCC(C)CC3)cc2)no1. The van der Waals surface area contributed by atoms with Crippen molar-refractivity contribution in [1.82, 2.24) is 10.1 Å². The number of carbonyl (C=O) groups excluding carboxylic acids is 1. The van der Waals surface area contributed by atoms with Crippen LogP contribution in [0.4, 0.5) is 11.4 Å². The molecule has 0 spiro atoms. The van der Waals surface area contributed by atoms with E-state index in [-0.39, 0.29) is 12.3 Å². The molecule has 32 heavy (non-hydrogen) atoms. The lowest BCUT2D eigenvalue weighted by atomic mass is 9.98. The zero-order chi connectivity index (χ0) is 22.5. The third-order valence-corrected chi connectivity index (χ3v) is 5.98. The second kappa shape index (κ2) is 10.0. The molecule has 1 aliphatic rings. The van der Waals surface area contributed by atoms with Crippen LogP contribution >= 0.6 is 11.6 Å². The van der Waals surface area contributed by atoms with E-state index >= 15 is 0 Å². The maximum Gasteiger partial charge on any atom is 0.227 e. The highest BCUT2D eigenvalue weighted by Gasteiger charge is 2.17. The lowest BCUT2D eigenvalue weighted by Crippen LogP contribution is -2.32. The van der Waals surface area contributed by atoms with Crippen molar-refractivity contribution in [3.8, 4) is 17.1 Å². The number of hydrogen-bond acceptors (Lipinski definition) is 6. The molecule has 0 unspecified atom stereocenters. The number of hydrogen-bond donors (Lipinski definition) is 1. The Kier molecular flexibility index (Phi) is 6.95. The van der Waals surface area contributed by atoms with Gasteiger partial charge in [-0.1, -0.05) is 23.7 Å². The van der Waals surface area contributed by atoms with Crippen LogP contribution in [0.1, 0.15) is 32.1 Å². The van der Waals surface area contributed by atoms with E-state index in [2.05, 4.69) is 39.4 Å². The quantitative estimate of drug-likeness (QED) is 0.528. The van der Waals surface area contributed by atoms with E-state index < -0.39 is 0 Å². The minimum absolute atomic E-state index is 0.189. The van der Waals surface area contributed by atoms with Gasteiger partial charge in [0.1, 0.15) is 5.75 Å². The van der Waals surface area contributed by atoms with E-state index in [1.54, 1.807) is 25.3 Å². The van der Waals surface area contributed by atoms with Crippen LogP contribution < -0.4 is 15.0 Å². The van der Waals surface area contributed by atoms with Gasteiger partial charge in [-0.15, -0.1) is 0 Å². The molecule has 0 radical (unpaired) electrons. The highest BCUT2D eigenvalue weighted by molar-refractivity contribution is 6.31. The molecule has 3 aromatic rings. The standard InChI is InChI=1S/C24H27ClN4O3/c1-16-11-13-29(14-12-16)19-6-3-17(4-7-19)24-27-23(32-28-24)10-9-22(30)26-20-15-18(25)5-8-21(20)31-2/h3-8,15-16H,9-14H2,1-2H3,(H,26,30). The summed E-state index contributed by atoms with van der Waals surface area (Å²) in [4.78, 5) is 19.2. The van der Waals surface area contributed by atoms with E-state index in [4.69, 9.17) is 20.9 Å². The summed E-state index contributed by atoms with van der Waals surface area (Å²) in [6, 6.07) is 13.3. The van der Waals surface area contributed by atoms with Gasteiger partial charge in [-0.2, -0.15) is 4.98 Å². The van der Waals surface area contributed by atoms with E-state index in [1.165, 1.54) is 18.5 Å². The lowest BCUT2D eigenvalue weighted by molar-refractivity contribution is -0.116. The number of benzene rings is 2. The molecule has 4 rings (SSSR count). The van der Waals surface area contributed by atoms with Crippen molar-refractivity contribution in [2.45, 2.75) is 32.6 Å². The van der Waals surface area contributed by atoms with Crippen molar-refractivity contribution >= 4 is 28.9 Å². The van der Waals surface area contributed by atoms with Crippen LogP contribution in [0.15, 0.2) is 47.0 Å². The molecule has 0 atom stereocenters. The zero-order valence-corrected chi connectivity index (χ0v) is 19.1. The Morgan fingerprint density at radius 1 is 1.22 bits per heavy atom. The monoisotopic (exact) mass is 454 g/mol. The zero-order valence-electron chi connectivity index (χ0n) is 18.3. The molecule has 0 bridgehead atoms.